The molecule has 0 heterocycles. The van der Waals surface area contributed by atoms with Crippen LogP contribution in [0.3, 0.4) is 0 Å². The summed E-state index contributed by atoms with van der Waals surface area (Å²) in [5, 5.41) is 5.05. The Labute approximate surface area is 201 Å². The quantitative estimate of drug-likeness (QED) is 0.399. The van der Waals surface area contributed by atoms with Gasteiger partial charge >= 0.3 is 12.1 Å². The highest BCUT2D eigenvalue weighted by atomic mass is 16.6. The fourth-order valence-corrected chi connectivity index (χ4v) is 3.14. The van der Waals surface area contributed by atoms with Gasteiger partial charge in [0.05, 0.1) is 7.11 Å². The standard InChI is InChI=1S/C25H35N3O6/c1-8-10-15-28(23(31)17(3)27-24(32)34-25(4,5)6)21(22(30)26-16-20(29)33-7)19-14-12-11-13-18(19)9-2/h2,11-14,17,21H,8,10,15-16H2,1,3-7H3,(H,26,30)(H,27,32). The molecule has 0 saturated carbocycles. The second-order valence-electron chi connectivity index (χ2n) is 8.68. The largest absolute Gasteiger partial charge is 0.468 e. The van der Waals surface area contributed by atoms with Crippen LogP contribution >= 0.6 is 0 Å². The summed E-state index contributed by atoms with van der Waals surface area (Å²) in [6.45, 7) is 8.46. The van der Waals surface area contributed by atoms with Crippen molar-refractivity contribution >= 4 is 23.9 Å². The number of methoxy groups -OCH3 is 1. The summed E-state index contributed by atoms with van der Waals surface area (Å²) in [4.78, 5) is 52.0. The van der Waals surface area contributed by atoms with Gasteiger partial charge in [0, 0.05) is 12.1 Å². The molecule has 3 amide bonds. The van der Waals surface area contributed by atoms with Crippen LogP contribution in [0.4, 0.5) is 4.79 Å². The molecule has 0 bridgehead atoms. The van der Waals surface area contributed by atoms with E-state index in [1.54, 1.807) is 45.0 Å². The predicted octanol–water partition coefficient (Wildman–Crippen LogP) is 2.54. The van der Waals surface area contributed by atoms with Crippen LogP contribution in [0.1, 0.15) is 64.6 Å². The fourth-order valence-electron chi connectivity index (χ4n) is 3.14. The van der Waals surface area contributed by atoms with Crippen molar-refractivity contribution in [3.05, 3.63) is 35.4 Å². The summed E-state index contributed by atoms with van der Waals surface area (Å²) >= 11 is 0. The number of esters is 1. The second kappa shape index (κ2) is 13.2. The molecule has 9 nitrogen and oxygen atoms in total. The smallest absolute Gasteiger partial charge is 0.408 e. The zero-order valence-corrected chi connectivity index (χ0v) is 20.8. The highest BCUT2D eigenvalue weighted by Gasteiger charge is 2.35. The van der Waals surface area contributed by atoms with E-state index in [1.165, 1.54) is 18.9 Å². The molecule has 0 aromatic heterocycles. The minimum absolute atomic E-state index is 0.227. The zero-order chi connectivity index (χ0) is 25.9. The van der Waals surface area contributed by atoms with Crippen molar-refractivity contribution < 1.29 is 28.7 Å². The van der Waals surface area contributed by atoms with Crippen LogP contribution in [0.5, 0.6) is 0 Å². The van der Waals surface area contributed by atoms with Crippen molar-refractivity contribution in [2.24, 2.45) is 0 Å². The number of amides is 3. The molecule has 9 heteroatoms. The minimum atomic E-state index is -1.13. The number of rotatable bonds is 10. The molecular formula is C25H35N3O6. The Balaban J connectivity index is 3.37. The van der Waals surface area contributed by atoms with Crippen molar-refractivity contribution in [2.75, 3.05) is 20.2 Å². The van der Waals surface area contributed by atoms with Crippen LogP contribution < -0.4 is 10.6 Å². The van der Waals surface area contributed by atoms with Crippen LogP contribution in [0.2, 0.25) is 0 Å². The van der Waals surface area contributed by atoms with E-state index in [0.717, 1.165) is 6.42 Å². The molecule has 0 fully saturated rings. The number of nitrogens with one attached hydrogen (secondary N) is 2. The lowest BCUT2D eigenvalue weighted by atomic mass is 9.97. The fraction of sp³-hybridized carbons (Fsp3) is 0.520. The number of carbonyl (C=O) groups excluding carboxylic acids is 4. The third-order valence-electron chi connectivity index (χ3n) is 4.74. The number of ether oxygens (including phenoxy) is 2. The van der Waals surface area contributed by atoms with E-state index in [2.05, 4.69) is 21.3 Å². The van der Waals surface area contributed by atoms with Crippen molar-refractivity contribution in [1.29, 1.82) is 0 Å². The number of terminal acetylenes is 1. The molecule has 0 spiro atoms. The summed E-state index contributed by atoms with van der Waals surface area (Å²) in [5.41, 5.74) is 0.126. The van der Waals surface area contributed by atoms with Gasteiger partial charge in [-0.1, -0.05) is 37.5 Å². The maximum absolute atomic E-state index is 13.5. The van der Waals surface area contributed by atoms with E-state index >= 15 is 0 Å². The van der Waals surface area contributed by atoms with Crippen molar-refractivity contribution in [2.45, 2.75) is 65.1 Å². The Hall–Kier alpha value is -3.54. The van der Waals surface area contributed by atoms with Gasteiger partial charge in [-0.2, -0.15) is 0 Å². The lowest BCUT2D eigenvalue weighted by Gasteiger charge is -2.34. The Kier molecular flexibility index (Phi) is 11.1. The van der Waals surface area contributed by atoms with Gasteiger partial charge in [0.2, 0.25) is 11.8 Å². The number of hydrogen-bond acceptors (Lipinski definition) is 6. The maximum atomic E-state index is 13.5. The highest BCUT2D eigenvalue weighted by Crippen LogP contribution is 2.26. The van der Waals surface area contributed by atoms with Crippen molar-refractivity contribution in [1.82, 2.24) is 15.5 Å². The molecule has 34 heavy (non-hydrogen) atoms. The Morgan fingerprint density at radius 2 is 1.82 bits per heavy atom. The van der Waals surface area contributed by atoms with Gasteiger partial charge in [-0.05, 0) is 45.7 Å². The first-order valence-electron chi connectivity index (χ1n) is 11.1. The van der Waals surface area contributed by atoms with E-state index in [1.807, 2.05) is 6.92 Å². The Morgan fingerprint density at radius 3 is 2.38 bits per heavy atom. The van der Waals surface area contributed by atoms with Gasteiger partial charge in [-0.3, -0.25) is 14.4 Å². The molecule has 0 radical (unpaired) electrons. The lowest BCUT2D eigenvalue weighted by Crippen LogP contribution is -2.52. The van der Waals surface area contributed by atoms with Gasteiger partial charge in [0.15, 0.2) is 0 Å². The number of carbonyl (C=O) groups is 4. The van der Waals surface area contributed by atoms with Gasteiger partial charge in [-0.25, -0.2) is 4.79 Å². The number of unbranched alkanes of at least 4 members (excludes halogenated alkanes) is 1. The first-order chi connectivity index (χ1) is 15.9. The number of hydrogen-bond donors (Lipinski definition) is 2. The average molecular weight is 474 g/mol. The molecule has 1 rings (SSSR count). The molecule has 0 aliphatic rings. The number of alkyl carbamates (subject to hydrolysis) is 1. The van der Waals surface area contributed by atoms with Crippen LogP contribution in [0.15, 0.2) is 24.3 Å². The maximum Gasteiger partial charge on any atom is 0.408 e. The molecular weight excluding hydrogens is 438 g/mol. The zero-order valence-electron chi connectivity index (χ0n) is 20.8. The van der Waals surface area contributed by atoms with Crippen LogP contribution in [-0.4, -0.2) is 60.6 Å². The molecule has 2 atom stereocenters. The van der Waals surface area contributed by atoms with Crippen molar-refractivity contribution in [3.63, 3.8) is 0 Å². The van der Waals surface area contributed by atoms with Crippen LogP contribution in [0, 0.1) is 12.3 Å². The van der Waals surface area contributed by atoms with Gasteiger partial charge in [0.25, 0.3) is 0 Å². The molecule has 2 unspecified atom stereocenters. The highest BCUT2D eigenvalue weighted by molar-refractivity contribution is 5.93. The number of nitrogens with zero attached hydrogens (tertiary/aromatic N) is 1. The minimum Gasteiger partial charge on any atom is -0.468 e. The molecule has 2 N–H and O–H groups in total. The van der Waals surface area contributed by atoms with E-state index in [9.17, 15) is 19.2 Å². The summed E-state index contributed by atoms with van der Waals surface area (Å²) in [5.74, 6) is 0.818. The molecule has 0 aliphatic heterocycles. The second-order valence-corrected chi connectivity index (χ2v) is 8.68. The first-order valence-corrected chi connectivity index (χ1v) is 11.1. The first kappa shape index (κ1) is 28.5. The monoisotopic (exact) mass is 473 g/mol. The summed E-state index contributed by atoms with van der Waals surface area (Å²) in [6.07, 6.45) is 6.27. The third kappa shape index (κ3) is 8.77. The van der Waals surface area contributed by atoms with Gasteiger partial charge in [-0.15, -0.1) is 6.42 Å². The van der Waals surface area contributed by atoms with E-state index in [-0.39, 0.29) is 13.1 Å². The topological polar surface area (TPSA) is 114 Å². The predicted molar refractivity (Wildman–Crippen MR) is 128 cm³/mol. The molecule has 1 aromatic carbocycles. The number of benzene rings is 1. The molecule has 0 aliphatic carbocycles. The molecule has 1 aromatic rings. The third-order valence-corrected chi connectivity index (χ3v) is 4.74. The SMILES string of the molecule is C#Cc1ccccc1C(C(=O)NCC(=O)OC)N(CCCC)C(=O)C(C)NC(=O)OC(C)(C)C. The Bertz CT molecular complexity index is 916. The summed E-state index contributed by atoms with van der Waals surface area (Å²) < 4.78 is 9.85. The summed E-state index contributed by atoms with van der Waals surface area (Å²) in [7, 11) is 1.21. The van der Waals surface area contributed by atoms with E-state index in [0.29, 0.717) is 17.5 Å². The summed E-state index contributed by atoms with van der Waals surface area (Å²) in [6, 6.07) is 4.66. The van der Waals surface area contributed by atoms with E-state index < -0.39 is 41.6 Å². The molecule has 0 saturated heterocycles. The normalized spacial score (nSPS) is 12.5. The van der Waals surface area contributed by atoms with Gasteiger partial charge < -0.3 is 25.0 Å². The Morgan fingerprint density at radius 1 is 1.18 bits per heavy atom. The lowest BCUT2D eigenvalue weighted by molar-refractivity contribution is -0.144. The van der Waals surface area contributed by atoms with E-state index in [4.69, 9.17) is 11.2 Å². The van der Waals surface area contributed by atoms with Crippen molar-refractivity contribution in [3.8, 4) is 12.3 Å². The van der Waals surface area contributed by atoms with Gasteiger partial charge in [0.1, 0.15) is 24.2 Å². The van der Waals surface area contributed by atoms with Crippen LogP contribution in [0.25, 0.3) is 0 Å². The average Bonchev–Trinajstić information content (AvgIpc) is 2.78. The molecule has 186 valence electrons. The van der Waals surface area contributed by atoms with Crippen LogP contribution in [-0.2, 0) is 23.9 Å².